The first kappa shape index (κ1) is 14.9. The van der Waals surface area contributed by atoms with Gasteiger partial charge in [-0.1, -0.05) is 6.07 Å². The first-order valence-corrected chi connectivity index (χ1v) is 8.71. The van der Waals surface area contributed by atoms with Crippen LogP contribution in [0.2, 0.25) is 0 Å². The van der Waals surface area contributed by atoms with Gasteiger partial charge < -0.3 is 8.83 Å². The van der Waals surface area contributed by atoms with Crippen molar-refractivity contribution >= 4 is 15.7 Å². The molecule has 1 N–H and O–H groups in total. The van der Waals surface area contributed by atoms with Gasteiger partial charge in [0.05, 0.1) is 5.69 Å². The van der Waals surface area contributed by atoms with Crippen LogP contribution in [-0.4, -0.2) is 18.6 Å². The first-order valence-electron chi connectivity index (χ1n) is 7.23. The molecule has 2 aromatic heterocycles. The largest absolute Gasteiger partial charge is 0.438 e. The molecule has 2 heterocycles. The summed E-state index contributed by atoms with van der Waals surface area (Å²) in [6, 6.07) is 7.84. The first-order chi connectivity index (χ1) is 11.5. The summed E-state index contributed by atoms with van der Waals surface area (Å²) in [5.41, 5.74) is 0.0989. The van der Waals surface area contributed by atoms with Crippen LogP contribution in [-0.2, 0) is 10.0 Å². The molecular weight excluding hydrogens is 337 g/mol. The van der Waals surface area contributed by atoms with Crippen LogP contribution in [0.15, 0.2) is 50.3 Å². The van der Waals surface area contributed by atoms with Gasteiger partial charge >= 0.3 is 0 Å². The van der Waals surface area contributed by atoms with Gasteiger partial charge in [0.2, 0.25) is 11.0 Å². The zero-order valence-corrected chi connectivity index (χ0v) is 13.1. The minimum atomic E-state index is -3.99. The Kier molecular flexibility index (Phi) is 3.38. The van der Waals surface area contributed by atoms with E-state index in [1.54, 1.807) is 0 Å². The van der Waals surface area contributed by atoms with Gasteiger partial charge in [0.1, 0.15) is 5.82 Å². The van der Waals surface area contributed by atoms with Gasteiger partial charge in [0.15, 0.2) is 5.76 Å². The van der Waals surface area contributed by atoms with Crippen LogP contribution in [0.1, 0.15) is 24.7 Å². The lowest BCUT2D eigenvalue weighted by Crippen LogP contribution is -2.12. The van der Waals surface area contributed by atoms with Crippen molar-refractivity contribution in [3.63, 3.8) is 0 Å². The number of hydrogen-bond donors (Lipinski definition) is 1. The van der Waals surface area contributed by atoms with Crippen LogP contribution in [0.4, 0.5) is 10.1 Å². The van der Waals surface area contributed by atoms with Crippen LogP contribution < -0.4 is 4.72 Å². The molecule has 0 saturated heterocycles. The molecule has 1 aliphatic rings. The molecule has 1 fully saturated rings. The SMILES string of the molecule is O=S(=O)(Nc1cccc(F)c1)c1ccc(-c2nnc(C3CC3)o2)o1. The number of sulfonamides is 1. The van der Waals surface area contributed by atoms with Gasteiger partial charge in [-0.3, -0.25) is 4.72 Å². The third kappa shape index (κ3) is 2.90. The maximum absolute atomic E-state index is 13.2. The van der Waals surface area contributed by atoms with E-state index in [-0.39, 0.29) is 22.4 Å². The normalized spacial score (nSPS) is 14.7. The lowest BCUT2D eigenvalue weighted by atomic mass is 10.3. The Labute approximate surface area is 136 Å². The highest BCUT2D eigenvalue weighted by Crippen LogP contribution is 2.40. The summed E-state index contributed by atoms with van der Waals surface area (Å²) in [6.45, 7) is 0. The highest BCUT2D eigenvalue weighted by Gasteiger charge is 2.30. The third-order valence-corrected chi connectivity index (χ3v) is 4.75. The Hall–Kier alpha value is -2.68. The highest BCUT2D eigenvalue weighted by atomic mass is 32.2. The summed E-state index contributed by atoms with van der Waals surface area (Å²) >= 11 is 0. The van der Waals surface area contributed by atoms with Gasteiger partial charge in [-0.15, -0.1) is 10.2 Å². The molecule has 0 radical (unpaired) electrons. The third-order valence-electron chi connectivity index (χ3n) is 3.50. The molecule has 4 rings (SSSR count). The summed E-state index contributed by atoms with van der Waals surface area (Å²) in [7, 11) is -3.99. The molecule has 24 heavy (non-hydrogen) atoms. The maximum Gasteiger partial charge on any atom is 0.295 e. The van der Waals surface area contributed by atoms with Gasteiger partial charge in [0.25, 0.3) is 15.9 Å². The number of anilines is 1. The molecule has 0 amide bonds. The van der Waals surface area contributed by atoms with Crippen LogP contribution in [0.3, 0.4) is 0 Å². The summed E-state index contributed by atoms with van der Waals surface area (Å²) < 4.78 is 50.8. The lowest BCUT2D eigenvalue weighted by Gasteiger charge is -2.05. The van der Waals surface area contributed by atoms with Crippen LogP contribution in [0.5, 0.6) is 0 Å². The average Bonchev–Trinajstić information content (AvgIpc) is 3.07. The van der Waals surface area contributed by atoms with E-state index in [0.717, 1.165) is 18.9 Å². The number of benzene rings is 1. The number of aromatic nitrogens is 2. The molecule has 1 aromatic carbocycles. The highest BCUT2D eigenvalue weighted by molar-refractivity contribution is 7.92. The molecule has 0 atom stereocenters. The Morgan fingerprint density at radius 2 is 1.96 bits per heavy atom. The smallest absolute Gasteiger partial charge is 0.295 e. The number of halogens is 1. The number of nitrogens with zero attached hydrogens (tertiary/aromatic N) is 2. The second-order valence-electron chi connectivity index (χ2n) is 5.45. The van der Waals surface area contributed by atoms with E-state index < -0.39 is 15.8 Å². The topological polar surface area (TPSA) is 98.2 Å². The number of hydrogen-bond acceptors (Lipinski definition) is 6. The Morgan fingerprint density at radius 1 is 1.12 bits per heavy atom. The van der Waals surface area contributed by atoms with Crippen molar-refractivity contribution in [3.8, 4) is 11.7 Å². The summed E-state index contributed by atoms with van der Waals surface area (Å²) in [6.07, 6.45) is 2.02. The fourth-order valence-corrected chi connectivity index (χ4v) is 3.15. The van der Waals surface area contributed by atoms with E-state index in [2.05, 4.69) is 14.9 Å². The van der Waals surface area contributed by atoms with E-state index in [4.69, 9.17) is 8.83 Å². The summed E-state index contributed by atoms with van der Waals surface area (Å²) in [4.78, 5) is 0. The zero-order valence-electron chi connectivity index (χ0n) is 12.3. The fourth-order valence-electron chi connectivity index (χ4n) is 2.17. The van der Waals surface area contributed by atoms with E-state index >= 15 is 0 Å². The van der Waals surface area contributed by atoms with E-state index in [0.29, 0.717) is 11.8 Å². The van der Waals surface area contributed by atoms with Crippen LogP contribution in [0.25, 0.3) is 11.7 Å². The number of nitrogens with one attached hydrogen (secondary N) is 1. The molecule has 7 nitrogen and oxygen atoms in total. The zero-order chi connectivity index (χ0) is 16.7. The molecule has 3 aromatic rings. The van der Waals surface area contributed by atoms with Crippen molar-refractivity contribution in [2.24, 2.45) is 0 Å². The molecule has 1 aliphatic carbocycles. The van der Waals surface area contributed by atoms with Gasteiger partial charge in [0, 0.05) is 5.92 Å². The molecule has 0 bridgehead atoms. The molecule has 9 heteroatoms. The minimum absolute atomic E-state index is 0.0989. The van der Waals surface area contributed by atoms with Crippen molar-refractivity contribution in [2.45, 2.75) is 23.9 Å². The lowest BCUT2D eigenvalue weighted by molar-refractivity contribution is 0.435. The van der Waals surface area contributed by atoms with Gasteiger partial charge in [-0.25, -0.2) is 4.39 Å². The number of rotatable bonds is 5. The van der Waals surface area contributed by atoms with Crippen molar-refractivity contribution < 1.29 is 21.6 Å². The van der Waals surface area contributed by atoms with Gasteiger partial charge in [-0.05, 0) is 43.2 Å². The average molecular weight is 349 g/mol. The predicted octanol–water partition coefficient (Wildman–Crippen LogP) is 3.15. The van der Waals surface area contributed by atoms with E-state index in [1.165, 1.54) is 30.3 Å². The quantitative estimate of drug-likeness (QED) is 0.760. The molecule has 0 unspecified atom stereocenters. The van der Waals surface area contributed by atoms with E-state index in [9.17, 15) is 12.8 Å². The van der Waals surface area contributed by atoms with Crippen LogP contribution >= 0.6 is 0 Å². The summed E-state index contributed by atoms with van der Waals surface area (Å²) in [5, 5.41) is 7.46. The van der Waals surface area contributed by atoms with Gasteiger partial charge in [-0.2, -0.15) is 8.42 Å². The monoisotopic (exact) mass is 349 g/mol. The van der Waals surface area contributed by atoms with Crippen LogP contribution in [0, 0.1) is 5.82 Å². The van der Waals surface area contributed by atoms with Crippen molar-refractivity contribution in [1.82, 2.24) is 10.2 Å². The van der Waals surface area contributed by atoms with Crippen molar-refractivity contribution in [3.05, 3.63) is 48.1 Å². The molecule has 1 saturated carbocycles. The summed E-state index contributed by atoms with van der Waals surface area (Å²) in [5.74, 6) is 0.565. The fraction of sp³-hybridized carbons (Fsp3) is 0.200. The number of furan rings is 1. The van der Waals surface area contributed by atoms with Crippen molar-refractivity contribution in [2.75, 3.05) is 4.72 Å². The minimum Gasteiger partial charge on any atom is -0.438 e. The van der Waals surface area contributed by atoms with Crippen molar-refractivity contribution in [1.29, 1.82) is 0 Å². The second-order valence-corrected chi connectivity index (χ2v) is 7.07. The molecule has 0 spiro atoms. The standard InChI is InChI=1S/C15H12FN3O4S/c16-10-2-1-3-11(8-10)19-24(20,21)13-7-6-12(22-13)15-18-17-14(23-15)9-4-5-9/h1-3,6-9,19H,4-5H2. The Morgan fingerprint density at radius 3 is 2.71 bits per heavy atom. The molecule has 0 aliphatic heterocycles. The van der Waals surface area contributed by atoms with E-state index in [1.807, 2.05) is 0 Å². The molecule has 124 valence electrons. The second kappa shape index (κ2) is 5.45. The predicted molar refractivity (Wildman–Crippen MR) is 81.2 cm³/mol. The Balaban J connectivity index is 1.58. The maximum atomic E-state index is 13.2. The molecular formula is C15H12FN3O4S. The Bertz CT molecular complexity index is 992.